The zero-order valence-corrected chi connectivity index (χ0v) is 13.3. The molecule has 118 valence electrons. The second-order valence-electron chi connectivity index (χ2n) is 6.01. The monoisotopic (exact) mass is 304 g/mol. The second kappa shape index (κ2) is 7.73. The zero-order valence-electron chi connectivity index (χ0n) is 12.5. The van der Waals surface area contributed by atoms with E-state index in [1.165, 1.54) is 0 Å². The Balaban J connectivity index is 1.83. The lowest BCUT2D eigenvalue weighted by molar-refractivity contribution is 0.193. The van der Waals surface area contributed by atoms with Gasteiger partial charge >= 0.3 is 0 Å². The Morgan fingerprint density at radius 2 is 1.95 bits per heavy atom. The van der Waals surface area contributed by atoms with Gasteiger partial charge in [0.05, 0.1) is 11.9 Å². The molecule has 1 heterocycles. The van der Waals surface area contributed by atoms with Gasteiger partial charge in [0.15, 0.2) is 0 Å². The van der Waals surface area contributed by atoms with Gasteiger partial charge in [-0.25, -0.2) is 12.7 Å². The number of methoxy groups -OCH3 is 1. The van der Waals surface area contributed by atoms with Crippen molar-refractivity contribution in [2.45, 2.75) is 43.8 Å². The van der Waals surface area contributed by atoms with Crippen molar-refractivity contribution < 1.29 is 13.2 Å². The first-order chi connectivity index (χ1) is 9.64. The third-order valence-electron chi connectivity index (χ3n) is 4.48. The van der Waals surface area contributed by atoms with Crippen molar-refractivity contribution >= 4 is 10.0 Å². The Kier molecular flexibility index (Phi) is 6.26. The van der Waals surface area contributed by atoms with Gasteiger partial charge in [-0.15, -0.1) is 0 Å². The van der Waals surface area contributed by atoms with Crippen LogP contribution < -0.4 is 5.32 Å². The van der Waals surface area contributed by atoms with Crippen LogP contribution in [0.15, 0.2) is 0 Å². The van der Waals surface area contributed by atoms with Gasteiger partial charge in [0.2, 0.25) is 10.0 Å². The van der Waals surface area contributed by atoms with Crippen molar-refractivity contribution in [3.05, 3.63) is 0 Å². The summed E-state index contributed by atoms with van der Waals surface area (Å²) >= 11 is 0. The quantitative estimate of drug-likeness (QED) is 0.718. The molecular weight excluding hydrogens is 276 g/mol. The minimum atomic E-state index is -3.05. The molecule has 2 aliphatic rings. The summed E-state index contributed by atoms with van der Waals surface area (Å²) in [5.41, 5.74) is 0. The molecule has 1 aliphatic carbocycles. The molecule has 2 rings (SSSR count). The molecule has 2 fully saturated rings. The number of hydrogen-bond donors (Lipinski definition) is 1. The molecule has 0 spiro atoms. The normalized spacial score (nSPS) is 26.1. The maximum Gasteiger partial charge on any atom is 0.216 e. The minimum Gasteiger partial charge on any atom is -0.383 e. The first-order valence-corrected chi connectivity index (χ1v) is 9.33. The van der Waals surface area contributed by atoms with Gasteiger partial charge in [0, 0.05) is 26.7 Å². The van der Waals surface area contributed by atoms with E-state index < -0.39 is 10.0 Å². The van der Waals surface area contributed by atoms with Gasteiger partial charge in [-0.05, 0) is 38.1 Å². The van der Waals surface area contributed by atoms with E-state index in [0.717, 1.165) is 51.6 Å². The summed E-state index contributed by atoms with van der Waals surface area (Å²) in [5, 5.41) is 3.24. The molecule has 1 saturated carbocycles. The van der Waals surface area contributed by atoms with Crippen LogP contribution in [0, 0.1) is 5.92 Å². The van der Waals surface area contributed by atoms with Gasteiger partial charge in [-0.2, -0.15) is 0 Å². The summed E-state index contributed by atoms with van der Waals surface area (Å²) in [5.74, 6) is 0.441. The number of hydrogen-bond acceptors (Lipinski definition) is 4. The Hall–Kier alpha value is -0.170. The van der Waals surface area contributed by atoms with Crippen molar-refractivity contribution in [3.8, 4) is 0 Å². The van der Waals surface area contributed by atoms with Crippen molar-refractivity contribution in [1.82, 2.24) is 9.62 Å². The first kappa shape index (κ1) is 16.2. The maximum atomic E-state index is 12.6. The standard InChI is InChI=1S/C14H28N2O3S/c1-19-10-8-15-11-13-5-4-9-16(12-13)20(17,18)14-6-2-3-7-14/h13-15H,2-12H2,1H3. The van der Waals surface area contributed by atoms with Crippen LogP contribution in [0.4, 0.5) is 0 Å². The largest absolute Gasteiger partial charge is 0.383 e. The third kappa shape index (κ3) is 4.16. The summed E-state index contributed by atoms with van der Waals surface area (Å²) in [6.07, 6.45) is 5.96. The SMILES string of the molecule is COCCNCC1CCCN(S(=O)(=O)C2CCCC2)C1. The molecule has 1 unspecified atom stereocenters. The van der Waals surface area contributed by atoms with E-state index >= 15 is 0 Å². The van der Waals surface area contributed by atoms with E-state index in [1.54, 1.807) is 11.4 Å². The van der Waals surface area contributed by atoms with Gasteiger partial charge in [0.1, 0.15) is 0 Å². The molecule has 0 bridgehead atoms. The topological polar surface area (TPSA) is 58.6 Å². The fourth-order valence-corrected chi connectivity index (χ4v) is 5.45. The number of nitrogens with zero attached hydrogens (tertiary/aromatic N) is 1. The van der Waals surface area contributed by atoms with Gasteiger partial charge in [-0.3, -0.25) is 0 Å². The summed E-state index contributed by atoms with van der Waals surface area (Å²) in [7, 11) is -1.36. The van der Waals surface area contributed by atoms with E-state index in [4.69, 9.17) is 4.74 Å². The molecule has 6 heteroatoms. The Morgan fingerprint density at radius 3 is 2.65 bits per heavy atom. The van der Waals surface area contributed by atoms with Gasteiger partial charge in [-0.1, -0.05) is 12.8 Å². The van der Waals surface area contributed by atoms with Crippen LogP contribution in [0.5, 0.6) is 0 Å². The average molecular weight is 304 g/mol. The van der Waals surface area contributed by atoms with E-state index in [9.17, 15) is 8.42 Å². The lowest BCUT2D eigenvalue weighted by atomic mass is 10.00. The van der Waals surface area contributed by atoms with Crippen LogP contribution in [-0.4, -0.2) is 57.9 Å². The lowest BCUT2D eigenvalue weighted by Gasteiger charge is -2.33. The van der Waals surface area contributed by atoms with Crippen LogP contribution in [0.2, 0.25) is 0 Å². The molecule has 1 atom stereocenters. The molecule has 0 aromatic carbocycles. The molecule has 0 aromatic heterocycles. The number of ether oxygens (including phenoxy) is 1. The average Bonchev–Trinajstić information content (AvgIpc) is 2.99. The predicted octanol–water partition coefficient (Wildman–Crippen LogP) is 1.21. The first-order valence-electron chi connectivity index (χ1n) is 7.83. The number of rotatable bonds is 7. The second-order valence-corrected chi connectivity index (χ2v) is 8.23. The summed E-state index contributed by atoms with van der Waals surface area (Å²) < 4.78 is 32.0. The lowest BCUT2D eigenvalue weighted by Crippen LogP contribution is -2.46. The third-order valence-corrected chi connectivity index (χ3v) is 6.85. The van der Waals surface area contributed by atoms with Crippen molar-refractivity contribution in [1.29, 1.82) is 0 Å². The highest BCUT2D eigenvalue weighted by molar-refractivity contribution is 7.89. The zero-order chi connectivity index (χ0) is 14.4. The summed E-state index contributed by atoms with van der Waals surface area (Å²) in [4.78, 5) is 0. The predicted molar refractivity (Wildman–Crippen MR) is 80.2 cm³/mol. The van der Waals surface area contributed by atoms with Crippen molar-refractivity contribution in [2.75, 3.05) is 39.9 Å². The van der Waals surface area contributed by atoms with Crippen LogP contribution in [-0.2, 0) is 14.8 Å². The minimum absolute atomic E-state index is 0.109. The fourth-order valence-electron chi connectivity index (χ4n) is 3.30. The maximum absolute atomic E-state index is 12.6. The Morgan fingerprint density at radius 1 is 1.20 bits per heavy atom. The molecule has 1 aliphatic heterocycles. The van der Waals surface area contributed by atoms with Gasteiger partial charge < -0.3 is 10.1 Å². The Labute approximate surface area is 123 Å². The number of piperidine rings is 1. The van der Waals surface area contributed by atoms with Crippen LogP contribution in [0.3, 0.4) is 0 Å². The molecule has 0 radical (unpaired) electrons. The van der Waals surface area contributed by atoms with E-state index in [2.05, 4.69) is 5.32 Å². The molecular formula is C14H28N2O3S. The highest BCUT2D eigenvalue weighted by Gasteiger charge is 2.36. The summed E-state index contributed by atoms with van der Waals surface area (Å²) in [6.45, 7) is 3.84. The van der Waals surface area contributed by atoms with Crippen molar-refractivity contribution in [2.24, 2.45) is 5.92 Å². The summed E-state index contributed by atoms with van der Waals surface area (Å²) in [6, 6.07) is 0. The highest BCUT2D eigenvalue weighted by atomic mass is 32.2. The molecule has 5 nitrogen and oxygen atoms in total. The molecule has 0 amide bonds. The van der Waals surface area contributed by atoms with Crippen LogP contribution >= 0.6 is 0 Å². The van der Waals surface area contributed by atoms with E-state index in [1.807, 2.05) is 0 Å². The molecule has 1 N–H and O–H groups in total. The highest BCUT2D eigenvalue weighted by Crippen LogP contribution is 2.29. The smallest absolute Gasteiger partial charge is 0.216 e. The Bertz CT molecular complexity index is 380. The van der Waals surface area contributed by atoms with E-state index in [0.29, 0.717) is 25.6 Å². The number of sulfonamides is 1. The van der Waals surface area contributed by atoms with E-state index in [-0.39, 0.29) is 5.25 Å². The van der Waals surface area contributed by atoms with Gasteiger partial charge in [0.25, 0.3) is 0 Å². The molecule has 1 saturated heterocycles. The fraction of sp³-hybridized carbons (Fsp3) is 1.00. The van der Waals surface area contributed by atoms with Crippen LogP contribution in [0.25, 0.3) is 0 Å². The van der Waals surface area contributed by atoms with Crippen molar-refractivity contribution in [3.63, 3.8) is 0 Å². The number of nitrogens with one attached hydrogen (secondary N) is 1. The molecule has 20 heavy (non-hydrogen) atoms. The molecule has 0 aromatic rings. The van der Waals surface area contributed by atoms with Crippen LogP contribution in [0.1, 0.15) is 38.5 Å².